The molecule has 10 heteroatoms. The predicted octanol–water partition coefficient (Wildman–Crippen LogP) is 4.72. The molecule has 4 rings (SSSR count). The number of alkyl halides is 3. The van der Waals surface area contributed by atoms with Crippen LogP contribution in [-0.4, -0.2) is 68.5 Å². The number of hydrogen-bond acceptors (Lipinski definition) is 5. The molecule has 0 radical (unpaired) electrons. The summed E-state index contributed by atoms with van der Waals surface area (Å²) in [4.78, 5) is 14.2. The van der Waals surface area contributed by atoms with Gasteiger partial charge in [0.2, 0.25) is 0 Å². The highest BCUT2D eigenvalue weighted by atomic mass is 19.4. The maximum Gasteiger partial charge on any atom is 0.471 e. The molecule has 1 aliphatic carbocycles. The Labute approximate surface area is 220 Å². The van der Waals surface area contributed by atoms with E-state index in [1.54, 1.807) is 6.08 Å². The topological polar surface area (TPSA) is 62.8 Å². The zero-order valence-corrected chi connectivity index (χ0v) is 21.2. The maximum atomic E-state index is 13.3. The van der Waals surface area contributed by atoms with Gasteiger partial charge in [-0.1, -0.05) is 29.8 Å². The molecule has 206 valence electrons. The molecule has 2 aromatic rings. The lowest BCUT2D eigenvalue weighted by Gasteiger charge is -2.29. The monoisotopic (exact) mass is 535 g/mol. The summed E-state index contributed by atoms with van der Waals surface area (Å²) in [6.45, 7) is 5.39. The lowest BCUT2D eigenvalue weighted by molar-refractivity contribution is -0.175. The van der Waals surface area contributed by atoms with Crippen LogP contribution >= 0.6 is 0 Å². The van der Waals surface area contributed by atoms with Crippen LogP contribution in [0.4, 0.5) is 23.2 Å². The first kappa shape index (κ1) is 27.9. The summed E-state index contributed by atoms with van der Waals surface area (Å²) in [5.74, 6) is -1.68. The molecule has 1 heterocycles. The van der Waals surface area contributed by atoms with E-state index in [-0.39, 0.29) is 6.42 Å². The molecule has 2 N–H and O–H groups in total. The third-order valence-electron chi connectivity index (χ3n) is 6.77. The van der Waals surface area contributed by atoms with Gasteiger partial charge < -0.3 is 20.1 Å². The van der Waals surface area contributed by atoms with Crippen molar-refractivity contribution >= 4 is 11.6 Å². The van der Waals surface area contributed by atoms with Crippen molar-refractivity contribution in [1.82, 2.24) is 10.2 Å². The van der Waals surface area contributed by atoms with Gasteiger partial charge in [0, 0.05) is 37.9 Å². The van der Waals surface area contributed by atoms with Crippen LogP contribution in [0.3, 0.4) is 0 Å². The zero-order chi connectivity index (χ0) is 27.0. The molecule has 1 atom stereocenters. The maximum absolute atomic E-state index is 13.3. The molecule has 0 spiro atoms. The minimum absolute atomic E-state index is 0.131. The van der Waals surface area contributed by atoms with Gasteiger partial charge in [-0.2, -0.15) is 13.2 Å². The Kier molecular flexibility index (Phi) is 9.27. The van der Waals surface area contributed by atoms with Crippen molar-refractivity contribution in [2.24, 2.45) is 0 Å². The number of carbonyl (C=O) groups is 1. The van der Waals surface area contributed by atoms with Crippen molar-refractivity contribution < 1.29 is 31.8 Å². The third kappa shape index (κ3) is 8.19. The standard InChI is InChI=1S/C28H33F4N3O3/c29-23-7-5-21(6-8-23)18-27(34-26(36)28(30,31)32)10-9-22(19-27)20-33-24-3-1-4-25(17-24)38-14-2-11-35-12-15-37-16-13-35/h1,3-8,17,19,33H,2,9-16,18,20H2,(H,34,36). The van der Waals surface area contributed by atoms with Crippen LogP contribution in [-0.2, 0) is 16.0 Å². The average molecular weight is 536 g/mol. The molecular weight excluding hydrogens is 502 g/mol. The van der Waals surface area contributed by atoms with E-state index in [4.69, 9.17) is 9.47 Å². The minimum atomic E-state index is -4.99. The fourth-order valence-electron chi connectivity index (χ4n) is 4.82. The van der Waals surface area contributed by atoms with Crippen LogP contribution in [0.1, 0.15) is 24.8 Å². The van der Waals surface area contributed by atoms with Crippen LogP contribution in [0.2, 0.25) is 0 Å². The van der Waals surface area contributed by atoms with Crippen LogP contribution in [0, 0.1) is 5.82 Å². The number of carbonyl (C=O) groups excluding carboxylic acids is 1. The molecule has 6 nitrogen and oxygen atoms in total. The lowest BCUT2D eigenvalue weighted by atomic mass is 9.90. The van der Waals surface area contributed by atoms with Crippen molar-refractivity contribution in [3.05, 3.63) is 71.6 Å². The number of ether oxygens (including phenoxy) is 2. The van der Waals surface area contributed by atoms with E-state index in [9.17, 15) is 22.4 Å². The van der Waals surface area contributed by atoms with Gasteiger partial charge in [-0.15, -0.1) is 0 Å². The molecule has 1 fully saturated rings. The van der Waals surface area contributed by atoms with E-state index in [1.807, 2.05) is 24.3 Å². The van der Waals surface area contributed by atoms with E-state index in [2.05, 4.69) is 15.5 Å². The van der Waals surface area contributed by atoms with Gasteiger partial charge in [-0.05, 0) is 55.5 Å². The Hall–Kier alpha value is -3.11. The second-order valence-electron chi connectivity index (χ2n) is 9.75. The molecule has 0 saturated carbocycles. The quantitative estimate of drug-likeness (QED) is 0.248. The van der Waals surface area contributed by atoms with Crippen LogP contribution < -0.4 is 15.4 Å². The van der Waals surface area contributed by atoms with Gasteiger partial charge in [-0.25, -0.2) is 4.39 Å². The number of anilines is 1. The first-order valence-corrected chi connectivity index (χ1v) is 12.8. The highest BCUT2D eigenvalue weighted by molar-refractivity contribution is 5.83. The second-order valence-corrected chi connectivity index (χ2v) is 9.75. The van der Waals surface area contributed by atoms with Crippen molar-refractivity contribution in [1.29, 1.82) is 0 Å². The van der Waals surface area contributed by atoms with Gasteiger partial charge in [0.05, 0.1) is 25.4 Å². The van der Waals surface area contributed by atoms with Crippen LogP contribution in [0.15, 0.2) is 60.2 Å². The largest absolute Gasteiger partial charge is 0.493 e. The molecule has 2 aromatic carbocycles. The van der Waals surface area contributed by atoms with Crippen molar-refractivity contribution in [2.45, 2.75) is 37.4 Å². The number of morpholine rings is 1. The number of nitrogens with zero attached hydrogens (tertiary/aromatic N) is 1. The Morgan fingerprint density at radius 1 is 1.11 bits per heavy atom. The minimum Gasteiger partial charge on any atom is -0.493 e. The zero-order valence-electron chi connectivity index (χ0n) is 21.2. The highest BCUT2D eigenvalue weighted by Crippen LogP contribution is 2.33. The number of rotatable bonds is 11. The Balaban J connectivity index is 1.34. The van der Waals surface area contributed by atoms with Gasteiger partial charge >= 0.3 is 12.1 Å². The highest BCUT2D eigenvalue weighted by Gasteiger charge is 2.44. The van der Waals surface area contributed by atoms with Gasteiger partial charge in [0.15, 0.2) is 0 Å². The number of hydrogen-bond donors (Lipinski definition) is 2. The second kappa shape index (κ2) is 12.6. The van der Waals surface area contributed by atoms with E-state index in [0.29, 0.717) is 31.6 Å². The van der Waals surface area contributed by atoms with Crippen molar-refractivity contribution in [3.63, 3.8) is 0 Å². The van der Waals surface area contributed by atoms with Crippen LogP contribution in [0.5, 0.6) is 5.75 Å². The summed E-state index contributed by atoms with van der Waals surface area (Å²) in [5.41, 5.74) is 1.14. The van der Waals surface area contributed by atoms with Gasteiger partial charge in [0.1, 0.15) is 11.6 Å². The van der Waals surface area contributed by atoms with Crippen LogP contribution in [0.25, 0.3) is 0 Å². The number of nitrogens with one attached hydrogen (secondary N) is 2. The molecular formula is C28H33F4N3O3. The Morgan fingerprint density at radius 3 is 2.61 bits per heavy atom. The smallest absolute Gasteiger partial charge is 0.471 e. The average Bonchev–Trinajstić information content (AvgIpc) is 3.29. The Morgan fingerprint density at radius 2 is 1.87 bits per heavy atom. The third-order valence-corrected chi connectivity index (χ3v) is 6.77. The fraction of sp³-hybridized carbons (Fsp3) is 0.464. The Bertz CT molecular complexity index is 1100. The van der Waals surface area contributed by atoms with E-state index in [1.165, 1.54) is 24.3 Å². The molecule has 0 aromatic heterocycles. The predicted molar refractivity (Wildman–Crippen MR) is 137 cm³/mol. The van der Waals surface area contributed by atoms with E-state index >= 15 is 0 Å². The molecule has 1 amide bonds. The molecule has 0 bridgehead atoms. The van der Waals surface area contributed by atoms with Gasteiger partial charge in [0.25, 0.3) is 0 Å². The van der Waals surface area contributed by atoms with Crippen molar-refractivity contribution in [2.75, 3.05) is 51.3 Å². The molecule has 1 aliphatic heterocycles. The van der Waals surface area contributed by atoms with E-state index in [0.717, 1.165) is 56.3 Å². The number of amides is 1. The SMILES string of the molecule is O=C(NC1(Cc2ccc(F)cc2)C=C(CNc2cccc(OCCCN3CCOCC3)c2)CC1)C(F)(F)F. The molecule has 1 unspecified atom stereocenters. The first-order valence-electron chi connectivity index (χ1n) is 12.8. The number of halogens is 4. The fourth-order valence-corrected chi connectivity index (χ4v) is 4.82. The molecule has 2 aliphatic rings. The summed E-state index contributed by atoms with van der Waals surface area (Å²) in [5, 5.41) is 5.50. The van der Waals surface area contributed by atoms with Crippen molar-refractivity contribution in [3.8, 4) is 5.75 Å². The summed E-state index contributed by atoms with van der Waals surface area (Å²) in [6.07, 6.45) is -1.41. The normalized spacial score (nSPS) is 20.2. The first-order chi connectivity index (χ1) is 18.2. The van der Waals surface area contributed by atoms with Gasteiger partial charge in [-0.3, -0.25) is 9.69 Å². The summed E-state index contributed by atoms with van der Waals surface area (Å²) in [6, 6.07) is 13.1. The number of benzene rings is 2. The lowest BCUT2D eigenvalue weighted by Crippen LogP contribution is -2.52. The summed E-state index contributed by atoms with van der Waals surface area (Å²) in [7, 11) is 0. The van der Waals surface area contributed by atoms with E-state index < -0.39 is 23.4 Å². The molecule has 1 saturated heterocycles. The summed E-state index contributed by atoms with van der Waals surface area (Å²) < 4.78 is 63.8. The summed E-state index contributed by atoms with van der Waals surface area (Å²) >= 11 is 0. The molecule has 38 heavy (non-hydrogen) atoms.